The molecule has 0 unspecified atom stereocenters. The fourth-order valence-electron chi connectivity index (χ4n) is 2.77. The van der Waals surface area contributed by atoms with E-state index in [1.54, 1.807) is 6.20 Å². The van der Waals surface area contributed by atoms with Gasteiger partial charge in [-0.1, -0.05) is 71.1 Å². The summed E-state index contributed by atoms with van der Waals surface area (Å²) >= 11 is 0. The number of carbonyl (C=O) groups is 1. The van der Waals surface area contributed by atoms with Crippen molar-refractivity contribution >= 4 is 5.78 Å². The summed E-state index contributed by atoms with van der Waals surface area (Å²) in [5.74, 6) is 0.194. The number of aromatic nitrogens is 1. The van der Waals surface area contributed by atoms with Crippen molar-refractivity contribution in [2.75, 3.05) is 0 Å². The highest BCUT2D eigenvalue weighted by Gasteiger charge is 2.06. The van der Waals surface area contributed by atoms with Gasteiger partial charge in [-0.05, 0) is 31.0 Å². The van der Waals surface area contributed by atoms with Crippen LogP contribution in [0.4, 0.5) is 0 Å². The van der Waals surface area contributed by atoms with Gasteiger partial charge in [-0.25, -0.2) is 0 Å². The van der Waals surface area contributed by atoms with Crippen LogP contribution in [0.15, 0.2) is 18.3 Å². The molecule has 2 nitrogen and oxygen atoms in total. The Morgan fingerprint density at radius 1 is 0.909 bits per heavy atom. The first-order chi connectivity index (χ1) is 10.7. The van der Waals surface area contributed by atoms with E-state index < -0.39 is 0 Å². The van der Waals surface area contributed by atoms with E-state index in [2.05, 4.69) is 11.9 Å². The second-order valence-corrected chi connectivity index (χ2v) is 6.43. The van der Waals surface area contributed by atoms with E-state index in [9.17, 15) is 4.79 Å². The zero-order valence-electron chi connectivity index (χ0n) is 14.6. The number of unbranched alkanes of at least 4 members (excludes halogenated alkanes) is 10. The molecule has 124 valence electrons. The van der Waals surface area contributed by atoms with Gasteiger partial charge in [0.25, 0.3) is 0 Å². The van der Waals surface area contributed by atoms with Gasteiger partial charge in [-0.15, -0.1) is 0 Å². The van der Waals surface area contributed by atoms with Crippen LogP contribution in [0.3, 0.4) is 0 Å². The second kappa shape index (κ2) is 12.4. The van der Waals surface area contributed by atoms with Crippen LogP contribution in [-0.2, 0) is 0 Å². The molecule has 2 heteroatoms. The van der Waals surface area contributed by atoms with Crippen molar-refractivity contribution in [3.8, 4) is 0 Å². The summed E-state index contributed by atoms with van der Waals surface area (Å²) in [4.78, 5) is 16.2. The van der Waals surface area contributed by atoms with Gasteiger partial charge in [0, 0.05) is 12.6 Å². The van der Waals surface area contributed by atoms with Crippen LogP contribution in [0.25, 0.3) is 0 Å². The lowest BCUT2D eigenvalue weighted by atomic mass is 10.0. The lowest BCUT2D eigenvalue weighted by Gasteiger charge is -2.03. The molecule has 1 aromatic rings. The van der Waals surface area contributed by atoms with Crippen molar-refractivity contribution < 1.29 is 4.79 Å². The predicted molar refractivity (Wildman–Crippen MR) is 94.4 cm³/mol. The molecule has 0 atom stereocenters. The van der Waals surface area contributed by atoms with Crippen molar-refractivity contribution in [1.82, 2.24) is 4.98 Å². The normalized spacial score (nSPS) is 10.8. The standard InChI is InChI=1S/C20H33NO/c1-3-4-5-6-7-8-9-10-11-12-13-14-20(22)19-17-18(2)15-16-21-19/h15-17H,3-14H2,1-2H3. The molecule has 0 amide bonds. The second-order valence-electron chi connectivity index (χ2n) is 6.43. The molecule has 0 aliphatic rings. The Hall–Kier alpha value is -1.18. The van der Waals surface area contributed by atoms with Crippen LogP contribution in [0, 0.1) is 6.92 Å². The SMILES string of the molecule is CCCCCCCCCCCCCC(=O)c1cc(C)ccn1. The number of carbonyl (C=O) groups excluding carboxylic acids is 1. The molecule has 1 rings (SSSR count). The number of nitrogens with zero attached hydrogens (tertiary/aromatic N) is 1. The van der Waals surface area contributed by atoms with E-state index in [0.717, 1.165) is 12.0 Å². The zero-order chi connectivity index (χ0) is 16.0. The van der Waals surface area contributed by atoms with Gasteiger partial charge >= 0.3 is 0 Å². The minimum absolute atomic E-state index is 0.194. The van der Waals surface area contributed by atoms with Gasteiger partial charge in [0.2, 0.25) is 0 Å². The predicted octanol–water partition coefficient (Wildman–Crippen LogP) is 6.27. The highest BCUT2D eigenvalue weighted by Crippen LogP contribution is 2.13. The molecule has 0 fully saturated rings. The number of hydrogen-bond donors (Lipinski definition) is 0. The molecule has 0 radical (unpaired) electrons. The van der Waals surface area contributed by atoms with E-state index >= 15 is 0 Å². The first-order valence-electron chi connectivity index (χ1n) is 9.20. The van der Waals surface area contributed by atoms with E-state index in [-0.39, 0.29) is 5.78 Å². The zero-order valence-corrected chi connectivity index (χ0v) is 14.6. The van der Waals surface area contributed by atoms with Crippen molar-refractivity contribution in [2.24, 2.45) is 0 Å². The van der Waals surface area contributed by atoms with Crippen LogP contribution in [0.2, 0.25) is 0 Å². The van der Waals surface area contributed by atoms with Gasteiger partial charge in [0.1, 0.15) is 5.69 Å². The Labute approximate surface area is 136 Å². The maximum absolute atomic E-state index is 12.0. The Balaban J connectivity index is 1.94. The molecule has 1 heterocycles. The highest BCUT2D eigenvalue weighted by molar-refractivity contribution is 5.94. The Bertz CT molecular complexity index is 414. The fraction of sp³-hybridized carbons (Fsp3) is 0.700. The topological polar surface area (TPSA) is 30.0 Å². The van der Waals surface area contributed by atoms with Crippen LogP contribution in [0.5, 0.6) is 0 Å². The summed E-state index contributed by atoms with van der Waals surface area (Å²) in [6, 6.07) is 3.82. The molecular formula is C20H33NO. The highest BCUT2D eigenvalue weighted by atomic mass is 16.1. The molecule has 0 spiro atoms. The molecule has 0 bridgehead atoms. The van der Waals surface area contributed by atoms with E-state index in [4.69, 9.17) is 0 Å². The first-order valence-corrected chi connectivity index (χ1v) is 9.20. The largest absolute Gasteiger partial charge is 0.292 e. The minimum atomic E-state index is 0.194. The van der Waals surface area contributed by atoms with Gasteiger partial charge in [-0.3, -0.25) is 9.78 Å². The van der Waals surface area contributed by atoms with Crippen molar-refractivity contribution in [2.45, 2.75) is 90.9 Å². The molecular weight excluding hydrogens is 270 g/mol. The molecule has 0 saturated carbocycles. The smallest absolute Gasteiger partial charge is 0.181 e. The Kier molecular flexibility index (Phi) is 10.6. The number of rotatable bonds is 13. The summed E-state index contributed by atoms with van der Waals surface area (Å²) in [7, 11) is 0. The third kappa shape index (κ3) is 8.96. The molecule has 22 heavy (non-hydrogen) atoms. The average Bonchev–Trinajstić information content (AvgIpc) is 2.52. The monoisotopic (exact) mass is 303 g/mol. The van der Waals surface area contributed by atoms with Gasteiger partial charge in [0.15, 0.2) is 5.78 Å². The molecule has 0 aliphatic heterocycles. The summed E-state index contributed by atoms with van der Waals surface area (Å²) in [6.07, 6.45) is 16.8. The number of Topliss-reactive ketones (excluding diaryl/α,β-unsaturated/α-hetero) is 1. The molecule has 0 aromatic carbocycles. The number of ketones is 1. The number of aryl methyl sites for hydroxylation is 1. The van der Waals surface area contributed by atoms with Crippen molar-refractivity contribution in [3.05, 3.63) is 29.6 Å². The molecule has 0 saturated heterocycles. The van der Waals surface area contributed by atoms with Crippen LogP contribution in [-0.4, -0.2) is 10.8 Å². The maximum atomic E-state index is 12.0. The molecule has 0 aliphatic carbocycles. The van der Waals surface area contributed by atoms with Crippen molar-refractivity contribution in [3.63, 3.8) is 0 Å². The van der Waals surface area contributed by atoms with Crippen LogP contribution >= 0.6 is 0 Å². The van der Waals surface area contributed by atoms with Crippen LogP contribution < -0.4 is 0 Å². The van der Waals surface area contributed by atoms with Gasteiger partial charge < -0.3 is 0 Å². The first kappa shape index (κ1) is 18.9. The maximum Gasteiger partial charge on any atom is 0.181 e. The quantitative estimate of drug-likeness (QED) is 0.317. The molecule has 0 N–H and O–H groups in total. The van der Waals surface area contributed by atoms with E-state index in [1.807, 2.05) is 19.1 Å². The van der Waals surface area contributed by atoms with E-state index in [1.165, 1.54) is 64.2 Å². The van der Waals surface area contributed by atoms with Gasteiger partial charge in [-0.2, -0.15) is 0 Å². The lowest BCUT2D eigenvalue weighted by Crippen LogP contribution is -2.02. The lowest BCUT2D eigenvalue weighted by molar-refractivity contribution is 0.0974. The van der Waals surface area contributed by atoms with Gasteiger partial charge in [0.05, 0.1) is 0 Å². The Morgan fingerprint density at radius 2 is 1.45 bits per heavy atom. The minimum Gasteiger partial charge on any atom is -0.292 e. The van der Waals surface area contributed by atoms with Crippen molar-refractivity contribution in [1.29, 1.82) is 0 Å². The van der Waals surface area contributed by atoms with E-state index in [0.29, 0.717) is 12.1 Å². The summed E-state index contributed by atoms with van der Waals surface area (Å²) in [6.45, 7) is 4.26. The third-order valence-corrected chi connectivity index (χ3v) is 4.21. The summed E-state index contributed by atoms with van der Waals surface area (Å²) < 4.78 is 0. The summed E-state index contributed by atoms with van der Waals surface area (Å²) in [5.41, 5.74) is 1.74. The Morgan fingerprint density at radius 3 is 2.00 bits per heavy atom. The third-order valence-electron chi connectivity index (χ3n) is 4.21. The van der Waals surface area contributed by atoms with Crippen LogP contribution in [0.1, 0.15) is 100 Å². The summed E-state index contributed by atoms with van der Waals surface area (Å²) in [5, 5.41) is 0. The average molecular weight is 303 g/mol. The number of pyridine rings is 1. The molecule has 1 aromatic heterocycles. The fourth-order valence-corrected chi connectivity index (χ4v) is 2.77. The number of hydrogen-bond acceptors (Lipinski definition) is 2.